The summed E-state index contributed by atoms with van der Waals surface area (Å²) in [5.41, 5.74) is 5.72. The van der Waals surface area contributed by atoms with Crippen LogP contribution in [0.25, 0.3) is 0 Å². The molecule has 0 aromatic carbocycles. The SMILES string of the molecule is CC1CCc2occc2C1(O)CCN. The van der Waals surface area contributed by atoms with Gasteiger partial charge in [-0.15, -0.1) is 0 Å². The van der Waals surface area contributed by atoms with Gasteiger partial charge in [0.05, 0.1) is 11.9 Å². The van der Waals surface area contributed by atoms with Gasteiger partial charge in [-0.1, -0.05) is 6.92 Å². The molecule has 1 aliphatic rings. The fourth-order valence-corrected chi connectivity index (χ4v) is 2.37. The van der Waals surface area contributed by atoms with Gasteiger partial charge in [-0.25, -0.2) is 0 Å². The van der Waals surface area contributed by atoms with Gasteiger partial charge in [0.15, 0.2) is 0 Å². The molecule has 78 valence electrons. The van der Waals surface area contributed by atoms with E-state index in [1.54, 1.807) is 6.26 Å². The normalized spacial score (nSPS) is 31.5. The molecule has 0 saturated carbocycles. The smallest absolute Gasteiger partial charge is 0.109 e. The van der Waals surface area contributed by atoms with Gasteiger partial charge < -0.3 is 15.3 Å². The van der Waals surface area contributed by atoms with Crippen LogP contribution in [0.15, 0.2) is 16.7 Å². The lowest BCUT2D eigenvalue weighted by Crippen LogP contribution is -2.39. The van der Waals surface area contributed by atoms with Crippen molar-refractivity contribution in [3.05, 3.63) is 23.7 Å². The number of aryl methyl sites for hydroxylation is 1. The molecule has 3 nitrogen and oxygen atoms in total. The van der Waals surface area contributed by atoms with Crippen LogP contribution in [0.3, 0.4) is 0 Å². The number of hydrogen-bond donors (Lipinski definition) is 2. The third kappa shape index (κ3) is 1.28. The second-order valence-corrected chi connectivity index (χ2v) is 4.16. The van der Waals surface area contributed by atoms with Crippen LogP contribution in [0.4, 0.5) is 0 Å². The van der Waals surface area contributed by atoms with Crippen LogP contribution in [0, 0.1) is 5.92 Å². The number of rotatable bonds is 2. The minimum Gasteiger partial charge on any atom is -0.469 e. The van der Waals surface area contributed by atoms with Gasteiger partial charge in [-0.05, 0) is 31.4 Å². The molecular weight excluding hydrogens is 178 g/mol. The zero-order chi connectivity index (χ0) is 10.2. The average molecular weight is 195 g/mol. The maximum atomic E-state index is 10.5. The third-order valence-corrected chi connectivity index (χ3v) is 3.36. The predicted octanol–water partition coefficient (Wildman–Crippen LogP) is 1.40. The Labute approximate surface area is 83.9 Å². The first-order valence-corrected chi connectivity index (χ1v) is 5.18. The van der Waals surface area contributed by atoms with Crippen molar-refractivity contribution in [3.63, 3.8) is 0 Å². The van der Waals surface area contributed by atoms with E-state index in [1.807, 2.05) is 6.07 Å². The Hall–Kier alpha value is -0.800. The first-order chi connectivity index (χ1) is 6.68. The maximum Gasteiger partial charge on any atom is 0.109 e. The third-order valence-electron chi connectivity index (χ3n) is 3.36. The van der Waals surface area contributed by atoms with E-state index in [1.165, 1.54) is 0 Å². The van der Waals surface area contributed by atoms with E-state index < -0.39 is 5.60 Å². The molecule has 1 aromatic rings. The molecule has 2 unspecified atom stereocenters. The lowest BCUT2D eigenvalue weighted by molar-refractivity contribution is -0.0353. The minimum atomic E-state index is -0.769. The fraction of sp³-hybridized carbons (Fsp3) is 0.636. The van der Waals surface area contributed by atoms with Gasteiger partial charge >= 0.3 is 0 Å². The van der Waals surface area contributed by atoms with E-state index in [0.29, 0.717) is 13.0 Å². The van der Waals surface area contributed by atoms with Crippen LogP contribution >= 0.6 is 0 Å². The Bertz CT molecular complexity index is 321. The molecule has 0 bridgehead atoms. The summed E-state index contributed by atoms with van der Waals surface area (Å²) in [5.74, 6) is 1.19. The van der Waals surface area contributed by atoms with Gasteiger partial charge in [0.1, 0.15) is 5.76 Å². The molecular formula is C11H17NO2. The molecule has 0 spiro atoms. The molecule has 14 heavy (non-hydrogen) atoms. The van der Waals surface area contributed by atoms with E-state index in [-0.39, 0.29) is 5.92 Å². The Morgan fingerprint density at radius 2 is 2.50 bits per heavy atom. The van der Waals surface area contributed by atoms with Crippen LogP contribution in [-0.4, -0.2) is 11.7 Å². The minimum absolute atomic E-state index is 0.260. The fourth-order valence-electron chi connectivity index (χ4n) is 2.37. The summed E-state index contributed by atoms with van der Waals surface area (Å²) < 4.78 is 5.35. The highest BCUT2D eigenvalue weighted by atomic mass is 16.3. The molecule has 2 atom stereocenters. The first-order valence-electron chi connectivity index (χ1n) is 5.18. The summed E-state index contributed by atoms with van der Waals surface area (Å²) in [6, 6.07) is 1.88. The topological polar surface area (TPSA) is 59.4 Å². The summed E-state index contributed by atoms with van der Waals surface area (Å²) in [6.45, 7) is 2.58. The van der Waals surface area contributed by atoms with Crippen molar-refractivity contribution in [2.75, 3.05) is 6.54 Å². The number of furan rings is 1. The standard InChI is InChI=1S/C11H17NO2/c1-8-2-3-10-9(4-7-14-10)11(8,13)5-6-12/h4,7-8,13H,2-3,5-6,12H2,1H3. The molecule has 3 heteroatoms. The Morgan fingerprint density at radius 1 is 1.71 bits per heavy atom. The largest absolute Gasteiger partial charge is 0.469 e. The van der Waals surface area contributed by atoms with Crippen LogP contribution in [0.2, 0.25) is 0 Å². The van der Waals surface area contributed by atoms with Crippen LogP contribution in [0.1, 0.15) is 31.1 Å². The van der Waals surface area contributed by atoms with E-state index in [9.17, 15) is 5.11 Å². The Kier molecular flexibility index (Phi) is 2.37. The summed E-state index contributed by atoms with van der Waals surface area (Å²) in [4.78, 5) is 0. The van der Waals surface area contributed by atoms with Crippen molar-refractivity contribution in [3.8, 4) is 0 Å². The maximum absolute atomic E-state index is 10.5. The molecule has 1 heterocycles. The Morgan fingerprint density at radius 3 is 3.21 bits per heavy atom. The summed E-state index contributed by atoms with van der Waals surface area (Å²) in [7, 11) is 0. The molecule has 0 fully saturated rings. The molecule has 2 rings (SSSR count). The monoisotopic (exact) mass is 195 g/mol. The lowest BCUT2D eigenvalue weighted by atomic mass is 9.73. The first kappa shape index (κ1) is 9.74. The lowest BCUT2D eigenvalue weighted by Gasteiger charge is -2.37. The highest BCUT2D eigenvalue weighted by molar-refractivity contribution is 5.28. The molecule has 1 aromatic heterocycles. The van der Waals surface area contributed by atoms with Crippen molar-refractivity contribution in [1.29, 1.82) is 0 Å². The molecule has 0 aliphatic heterocycles. The van der Waals surface area contributed by atoms with Crippen molar-refractivity contribution < 1.29 is 9.52 Å². The van der Waals surface area contributed by atoms with Gasteiger partial charge in [-0.3, -0.25) is 0 Å². The zero-order valence-electron chi connectivity index (χ0n) is 8.49. The quantitative estimate of drug-likeness (QED) is 0.750. The predicted molar refractivity (Wildman–Crippen MR) is 53.8 cm³/mol. The van der Waals surface area contributed by atoms with E-state index in [2.05, 4.69) is 6.92 Å². The zero-order valence-corrected chi connectivity index (χ0v) is 8.49. The van der Waals surface area contributed by atoms with Crippen molar-refractivity contribution in [2.45, 2.75) is 31.8 Å². The van der Waals surface area contributed by atoms with E-state index in [4.69, 9.17) is 10.2 Å². The Balaban J connectivity index is 2.40. The number of nitrogens with two attached hydrogens (primary N) is 1. The van der Waals surface area contributed by atoms with E-state index in [0.717, 1.165) is 24.2 Å². The molecule has 0 radical (unpaired) electrons. The number of fused-ring (bicyclic) bond motifs is 1. The van der Waals surface area contributed by atoms with Crippen LogP contribution < -0.4 is 5.73 Å². The summed E-state index contributed by atoms with van der Waals surface area (Å²) in [6.07, 6.45) is 4.16. The second-order valence-electron chi connectivity index (χ2n) is 4.16. The van der Waals surface area contributed by atoms with Gasteiger partial charge in [0, 0.05) is 12.0 Å². The number of aliphatic hydroxyl groups is 1. The molecule has 0 amide bonds. The van der Waals surface area contributed by atoms with Gasteiger partial charge in [0.25, 0.3) is 0 Å². The van der Waals surface area contributed by atoms with Crippen LogP contribution in [-0.2, 0) is 12.0 Å². The van der Waals surface area contributed by atoms with Crippen molar-refractivity contribution in [1.82, 2.24) is 0 Å². The molecule has 0 saturated heterocycles. The highest BCUT2D eigenvalue weighted by Crippen LogP contribution is 2.42. The number of hydrogen-bond acceptors (Lipinski definition) is 3. The van der Waals surface area contributed by atoms with E-state index >= 15 is 0 Å². The van der Waals surface area contributed by atoms with Gasteiger partial charge in [0.2, 0.25) is 0 Å². The van der Waals surface area contributed by atoms with Crippen molar-refractivity contribution >= 4 is 0 Å². The summed E-state index contributed by atoms with van der Waals surface area (Å²) >= 11 is 0. The average Bonchev–Trinajstić information content (AvgIpc) is 2.61. The van der Waals surface area contributed by atoms with Crippen LogP contribution in [0.5, 0.6) is 0 Å². The van der Waals surface area contributed by atoms with Gasteiger partial charge in [-0.2, -0.15) is 0 Å². The highest BCUT2D eigenvalue weighted by Gasteiger charge is 2.40. The molecule has 3 N–H and O–H groups in total. The summed E-state index contributed by atoms with van der Waals surface area (Å²) in [5, 5.41) is 10.5. The second kappa shape index (κ2) is 3.41. The molecule has 1 aliphatic carbocycles. The van der Waals surface area contributed by atoms with Crippen molar-refractivity contribution in [2.24, 2.45) is 11.7 Å².